The fourth-order valence-electron chi connectivity index (χ4n) is 3.32. The van der Waals surface area contributed by atoms with Gasteiger partial charge >= 0.3 is 6.09 Å². The number of carbonyl (C=O) groups excluding carboxylic acids is 1. The molecule has 2 rings (SSSR count). The second-order valence-corrected chi connectivity index (χ2v) is 7.05. The average Bonchev–Trinajstić information content (AvgIpc) is 2.59. The number of Topliss-reactive ketones (excluding diaryl/α,β-unsaturated/α-hetero) is 1. The number of carbonyl (C=O) groups is 2. The van der Waals surface area contributed by atoms with Crippen LogP contribution in [0.4, 0.5) is 4.79 Å². The van der Waals surface area contributed by atoms with Crippen LogP contribution in [0.25, 0.3) is 0 Å². The first kappa shape index (κ1) is 19.9. The fourth-order valence-corrected chi connectivity index (χ4v) is 3.32. The van der Waals surface area contributed by atoms with Gasteiger partial charge in [-0.3, -0.25) is 9.79 Å². The monoisotopic (exact) mass is 359 g/mol. The van der Waals surface area contributed by atoms with Gasteiger partial charge in [0.2, 0.25) is 5.96 Å². The SMILES string of the molecule is CCN=C1N(CCCc2ccccc2)CC(=O)[C@H](CC(C)C)N1C(=O)O. The van der Waals surface area contributed by atoms with Gasteiger partial charge in [-0.2, -0.15) is 0 Å². The molecule has 0 unspecified atom stereocenters. The molecule has 1 aromatic carbocycles. The maximum atomic E-state index is 12.6. The molecule has 1 fully saturated rings. The van der Waals surface area contributed by atoms with Crippen LogP contribution in [0.15, 0.2) is 35.3 Å². The molecule has 142 valence electrons. The van der Waals surface area contributed by atoms with Crippen LogP contribution in [0.1, 0.15) is 39.2 Å². The van der Waals surface area contributed by atoms with Gasteiger partial charge in [-0.15, -0.1) is 0 Å². The number of benzene rings is 1. The van der Waals surface area contributed by atoms with Crippen molar-refractivity contribution in [3.63, 3.8) is 0 Å². The third-order valence-corrected chi connectivity index (χ3v) is 4.46. The topological polar surface area (TPSA) is 73.2 Å². The molecule has 1 aromatic rings. The first-order chi connectivity index (χ1) is 12.4. The molecular formula is C20H29N3O3. The second-order valence-electron chi connectivity index (χ2n) is 7.05. The summed E-state index contributed by atoms with van der Waals surface area (Å²) in [6.07, 6.45) is 1.13. The van der Waals surface area contributed by atoms with Gasteiger partial charge in [0.15, 0.2) is 5.78 Å². The number of rotatable bonds is 7. The van der Waals surface area contributed by atoms with Crippen LogP contribution in [0.2, 0.25) is 0 Å². The van der Waals surface area contributed by atoms with E-state index < -0.39 is 12.1 Å². The van der Waals surface area contributed by atoms with Crippen molar-refractivity contribution in [2.75, 3.05) is 19.6 Å². The molecule has 1 amide bonds. The molecule has 26 heavy (non-hydrogen) atoms. The van der Waals surface area contributed by atoms with E-state index in [4.69, 9.17) is 0 Å². The Morgan fingerprint density at radius 1 is 1.31 bits per heavy atom. The lowest BCUT2D eigenvalue weighted by Gasteiger charge is -2.41. The molecule has 0 aromatic heterocycles. The zero-order valence-corrected chi connectivity index (χ0v) is 15.9. The van der Waals surface area contributed by atoms with Crippen molar-refractivity contribution >= 4 is 17.8 Å². The number of nitrogens with zero attached hydrogens (tertiary/aromatic N) is 3. The third kappa shape index (κ3) is 5.07. The summed E-state index contributed by atoms with van der Waals surface area (Å²) in [5, 5.41) is 9.72. The van der Waals surface area contributed by atoms with Crippen molar-refractivity contribution < 1.29 is 14.7 Å². The average molecular weight is 359 g/mol. The minimum atomic E-state index is -1.11. The number of ketones is 1. The van der Waals surface area contributed by atoms with E-state index in [9.17, 15) is 14.7 Å². The van der Waals surface area contributed by atoms with Gasteiger partial charge in [0.1, 0.15) is 6.04 Å². The van der Waals surface area contributed by atoms with E-state index in [-0.39, 0.29) is 18.2 Å². The highest BCUT2D eigenvalue weighted by Crippen LogP contribution is 2.21. The molecule has 0 bridgehead atoms. The van der Waals surface area contributed by atoms with E-state index >= 15 is 0 Å². The predicted octanol–water partition coefficient (Wildman–Crippen LogP) is 3.27. The number of guanidine groups is 1. The molecule has 0 aliphatic carbocycles. The van der Waals surface area contributed by atoms with Crippen molar-refractivity contribution in [2.45, 2.75) is 46.1 Å². The Hall–Kier alpha value is -2.37. The number of hydrogen-bond donors (Lipinski definition) is 1. The normalized spacial score (nSPS) is 19.5. The van der Waals surface area contributed by atoms with Gasteiger partial charge in [0, 0.05) is 13.1 Å². The quantitative estimate of drug-likeness (QED) is 0.811. The molecule has 1 atom stereocenters. The van der Waals surface area contributed by atoms with Crippen molar-refractivity contribution in [2.24, 2.45) is 10.9 Å². The zero-order chi connectivity index (χ0) is 19.1. The maximum Gasteiger partial charge on any atom is 0.414 e. The van der Waals surface area contributed by atoms with Gasteiger partial charge in [-0.1, -0.05) is 44.2 Å². The Morgan fingerprint density at radius 3 is 2.58 bits per heavy atom. The van der Waals surface area contributed by atoms with Crippen molar-refractivity contribution in [1.29, 1.82) is 0 Å². The van der Waals surface area contributed by atoms with Gasteiger partial charge in [-0.05, 0) is 37.7 Å². The molecule has 0 radical (unpaired) electrons. The lowest BCUT2D eigenvalue weighted by atomic mass is 9.97. The second kappa shape index (κ2) is 9.36. The zero-order valence-electron chi connectivity index (χ0n) is 15.9. The Balaban J connectivity index is 2.14. The number of hydrogen-bond acceptors (Lipinski definition) is 3. The van der Waals surface area contributed by atoms with Gasteiger partial charge < -0.3 is 10.0 Å². The number of amides is 1. The highest BCUT2D eigenvalue weighted by atomic mass is 16.4. The molecule has 1 aliphatic heterocycles. The highest BCUT2D eigenvalue weighted by Gasteiger charge is 2.41. The standard InChI is InChI=1S/C20H29N3O3/c1-4-21-19-22(12-8-11-16-9-6-5-7-10-16)14-18(24)17(13-15(2)3)23(19)20(25)26/h5-7,9-10,15,17H,4,8,11-14H2,1-3H3,(H,25,26)/t17-/m0/s1. The Bertz CT molecular complexity index is 643. The Labute approximate surface area is 155 Å². The molecule has 6 heteroatoms. The largest absolute Gasteiger partial charge is 0.465 e. The summed E-state index contributed by atoms with van der Waals surface area (Å²) in [6.45, 7) is 7.19. The van der Waals surface area contributed by atoms with E-state index in [2.05, 4.69) is 17.1 Å². The van der Waals surface area contributed by atoms with Crippen LogP contribution in [0.3, 0.4) is 0 Å². The minimum Gasteiger partial charge on any atom is -0.465 e. The fraction of sp³-hybridized carbons (Fsp3) is 0.550. The molecule has 0 saturated carbocycles. The summed E-state index contributed by atoms with van der Waals surface area (Å²) >= 11 is 0. The smallest absolute Gasteiger partial charge is 0.414 e. The van der Waals surface area contributed by atoms with E-state index in [1.807, 2.05) is 43.9 Å². The van der Waals surface area contributed by atoms with Crippen LogP contribution in [0.5, 0.6) is 0 Å². The third-order valence-electron chi connectivity index (χ3n) is 4.46. The number of aliphatic imine (C=N–C) groups is 1. The van der Waals surface area contributed by atoms with E-state index in [1.165, 1.54) is 10.5 Å². The molecule has 1 N–H and O–H groups in total. The van der Waals surface area contributed by atoms with Crippen molar-refractivity contribution in [3.8, 4) is 0 Å². The summed E-state index contributed by atoms with van der Waals surface area (Å²) in [5.74, 6) is 0.604. The lowest BCUT2D eigenvalue weighted by Crippen LogP contribution is -2.62. The first-order valence-electron chi connectivity index (χ1n) is 9.32. The van der Waals surface area contributed by atoms with E-state index in [0.29, 0.717) is 25.5 Å². The summed E-state index contributed by atoms with van der Waals surface area (Å²) in [4.78, 5) is 31.9. The minimum absolute atomic E-state index is 0.0455. The van der Waals surface area contributed by atoms with E-state index in [1.54, 1.807) is 0 Å². The number of aryl methyl sites for hydroxylation is 1. The molecule has 1 heterocycles. The molecule has 1 aliphatic rings. The molecular weight excluding hydrogens is 330 g/mol. The summed E-state index contributed by atoms with van der Waals surface area (Å²) < 4.78 is 0. The van der Waals surface area contributed by atoms with Crippen LogP contribution < -0.4 is 0 Å². The van der Waals surface area contributed by atoms with Crippen LogP contribution in [0, 0.1) is 5.92 Å². The molecule has 6 nitrogen and oxygen atoms in total. The van der Waals surface area contributed by atoms with Crippen molar-refractivity contribution in [1.82, 2.24) is 9.80 Å². The predicted molar refractivity (Wildman–Crippen MR) is 102 cm³/mol. The lowest BCUT2D eigenvalue weighted by molar-refractivity contribution is -0.125. The molecule has 0 spiro atoms. The van der Waals surface area contributed by atoms with Gasteiger partial charge in [-0.25, -0.2) is 9.69 Å². The Kier molecular flexibility index (Phi) is 7.18. The highest BCUT2D eigenvalue weighted by molar-refractivity contribution is 6.04. The Morgan fingerprint density at radius 2 is 2.00 bits per heavy atom. The summed E-state index contributed by atoms with van der Waals surface area (Å²) in [6, 6.07) is 9.51. The van der Waals surface area contributed by atoms with Crippen molar-refractivity contribution in [3.05, 3.63) is 35.9 Å². The first-order valence-corrected chi connectivity index (χ1v) is 9.32. The summed E-state index contributed by atoms with van der Waals surface area (Å²) in [5.41, 5.74) is 1.23. The maximum absolute atomic E-state index is 12.6. The molecule has 1 saturated heterocycles. The van der Waals surface area contributed by atoms with E-state index in [0.717, 1.165) is 12.8 Å². The van der Waals surface area contributed by atoms with Gasteiger partial charge in [0.05, 0.1) is 6.54 Å². The van der Waals surface area contributed by atoms with Crippen LogP contribution >= 0.6 is 0 Å². The number of carboxylic acid groups (broad SMARTS) is 1. The van der Waals surface area contributed by atoms with Crippen LogP contribution in [-0.2, 0) is 11.2 Å². The van der Waals surface area contributed by atoms with Crippen LogP contribution in [-0.4, -0.2) is 58.4 Å². The van der Waals surface area contributed by atoms with Gasteiger partial charge in [0.25, 0.3) is 0 Å². The summed E-state index contributed by atoms with van der Waals surface area (Å²) in [7, 11) is 0.